The fourth-order valence-corrected chi connectivity index (χ4v) is 3.45. The maximum atomic E-state index is 5.22. The topological polar surface area (TPSA) is 51.1 Å². The van der Waals surface area contributed by atoms with Crippen LogP contribution in [0.25, 0.3) is 11.4 Å². The van der Waals surface area contributed by atoms with Gasteiger partial charge in [0.05, 0.1) is 7.11 Å². The SMILES string of the molecule is COc1ccc(-c2ncc(CN(Cc3ccncc3)Cc3ccc(C)cc3)cn2)cc1. The molecule has 0 N–H and O–H groups in total. The number of hydrogen-bond acceptors (Lipinski definition) is 5. The number of hydrogen-bond donors (Lipinski definition) is 0. The van der Waals surface area contributed by atoms with E-state index in [-0.39, 0.29) is 0 Å². The number of benzene rings is 2. The summed E-state index contributed by atoms with van der Waals surface area (Å²) in [7, 11) is 1.66. The molecule has 2 aromatic carbocycles. The van der Waals surface area contributed by atoms with Gasteiger partial charge in [0.25, 0.3) is 0 Å². The molecule has 5 heteroatoms. The van der Waals surface area contributed by atoms with Gasteiger partial charge in [-0.15, -0.1) is 0 Å². The molecule has 0 aliphatic rings. The van der Waals surface area contributed by atoms with Crippen molar-refractivity contribution in [2.45, 2.75) is 26.6 Å². The molecule has 0 fully saturated rings. The highest BCUT2D eigenvalue weighted by Crippen LogP contribution is 2.20. The first-order valence-corrected chi connectivity index (χ1v) is 10.3. The minimum absolute atomic E-state index is 0.714. The predicted octanol–water partition coefficient (Wildman–Crippen LogP) is 5.06. The maximum Gasteiger partial charge on any atom is 0.159 e. The van der Waals surface area contributed by atoms with Gasteiger partial charge in [0, 0.05) is 55.5 Å². The Bertz CT molecular complexity index is 1080. The standard InChI is InChI=1S/C26H26N4O/c1-20-3-5-21(6-4-20)17-30(18-22-11-13-27-14-12-22)19-23-15-28-26(29-16-23)24-7-9-25(31-2)10-8-24/h3-16H,17-19H2,1-2H3. The summed E-state index contributed by atoms with van der Waals surface area (Å²) in [6.45, 7) is 4.55. The average molecular weight is 411 g/mol. The van der Waals surface area contributed by atoms with E-state index >= 15 is 0 Å². The van der Waals surface area contributed by atoms with Gasteiger partial charge in [-0.25, -0.2) is 9.97 Å². The average Bonchev–Trinajstić information content (AvgIpc) is 2.82. The van der Waals surface area contributed by atoms with Gasteiger partial charge in [0.1, 0.15) is 5.75 Å². The molecule has 0 aliphatic heterocycles. The molecule has 0 spiro atoms. The maximum absolute atomic E-state index is 5.22. The van der Waals surface area contributed by atoms with Crippen molar-refractivity contribution in [1.29, 1.82) is 0 Å². The van der Waals surface area contributed by atoms with E-state index in [1.807, 2.05) is 49.1 Å². The van der Waals surface area contributed by atoms with E-state index in [1.165, 1.54) is 16.7 Å². The van der Waals surface area contributed by atoms with Crippen molar-refractivity contribution in [2.24, 2.45) is 0 Å². The molecule has 0 unspecified atom stereocenters. The third-order valence-corrected chi connectivity index (χ3v) is 5.14. The van der Waals surface area contributed by atoms with Crippen LogP contribution in [0.15, 0.2) is 85.5 Å². The van der Waals surface area contributed by atoms with Crippen molar-refractivity contribution < 1.29 is 4.74 Å². The second-order valence-corrected chi connectivity index (χ2v) is 7.63. The Labute approximate surface area is 183 Å². The van der Waals surface area contributed by atoms with Crippen molar-refractivity contribution in [3.05, 3.63) is 108 Å². The number of rotatable bonds is 8. The fourth-order valence-electron chi connectivity index (χ4n) is 3.45. The molecule has 0 aliphatic carbocycles. The Balaban J connectivity index is 1.50. The largest absolute Gasteiger partial charge is 0.497 e. The second-order valence-electron chi connectivity index (χ2n) is 7.63. The van der Waals surface area contributed by atoms with Crippen LogP contribution in [0.3, 0.4) is 0 Å². The Morgan fingerprint density at radius 1 is 0.710 bits per heavy atom. The van der Waals surface area contributed by atoms with Gasteiger partial charge in [0.2, 0.25) is 0 Å². The van der Waals surface area contributed by atoms with Crippen LogP contribution in [-0.2, 0) is 19.6 Å². The van der Waals surface area contributed by atoms with Gasteiger partial charge < -0.3 is 4.74 Å². The van der Waals surface area contributed by atoms with Crippen molar-refractivity contribution in [1.82, 2.24) is 19.9 Å². The first-order valence-electron chi connectivity index (χ1n) is 10.3. The number of ether oxygens (including phenoxy) is 1. The zero-order valence-corrected chi connectivity index (χ0v) is 17.9. The quantitative estimate of drug-likeness (QED) is 0.406. The van der Waals surface area contributed by atoms with Crippen molar-refractivity contribution in [3.63, 3.8) is 0 Å². The fraction of sp³-hybridized carbons (Fsp3) is 0.192. The molecule has 0 bridgehead atoms. The molecule has 4 aromatic rings. The number of aryl methyl sites for hydroxylation is 1. The van der Waals surface area contributed by atoms with Crippen LogP contribution in [0.4, 0.5) is 0 Å². The highest BCUT2D eigenvalue weighted by atomic mass is 16.5. The van der Waals surface area contributed by atoms with Crippen molar-refractivity contribution in [2.75, 3.05) is 7.11 Å². The van der Waals surface area contributed by atoms with E-state index in [4.69, 9.17) is 4.74 Å². The Hall–Kier alpha value is -3.57. The minimum atomic E-state index is 0.714. The highest BCUT2D eigenvalue weighted by Gasteiger charge is 2.10. The Morgan fingerprint density at radius 2 is 1.29 bits per heavy atom. The molecule has 0 amide bonds. The van der Waals surface area contributed by atoms with Gasteiger partial charge in [0.15, 0.2) is 5.82 Å². The van der Waals surface area contributed by atoms with Gasteiger partial charge in [-0.05, 0) is 54.4 Å². The predicted molar refractivity (Wildman–Crippen MR) is 122 cm³/mol. The molecule has 2 aromatic heterocycles. The second kappa shape index (κ2) is 9.96. The van der Waals surface area contributed by atoms with E-state index in [0.717, 1.165) is 36.5 Å². The minimum Gasteiger partial charge on any atom is -0.497 e. The lowest BCUT2D eigenvalue weighted by molar-refractivity contribution is 0.247. The summed E-state index contributed by atoms with van der Waals surface area (Å²) in [5, 5.41) is 0. The van der Waals surface area contributed by atoms with Crippen LogP contribution in [0.1, 0.15) is 22.3 Å². The summed E-state index contributed by atoms with van der Waals surface area (Å²) >= 11 is 0. The summed E-state index contributed by atoms with van der Waals surface area (Å²) in [6.07, 6.45) is 7.51. The summed E-state index contributed by atoms with van der Waals surface area (Å²) in [5.74, 6) is 1.54. The molecule has 156 valence electrons. The number of methoxy groups -OCH3 is 1. The van der Waals surface area contributed by atoms with Crippen LogP contribution in [0.2, 0.25) is 0 Å². The van der Waals surface area contributed by atoms with Gasteiger partial charge in [-0.1, -0.05) is 29.8 Å². The smallest absolute Gasteiger partial charge is 0.159 e. The van der Waals surface area contributed by atoms with E-state index in [9.17, 15) is 0 Å². The van der Waals surface area contributed by atoms with E-state index < -0.39 is 0 Å². The zero-order valence-electron chi connectivity index (χ0n) is 17.9. The van der Waals surface area contributed by atoms with Crippen LogP contribution >= 0.6 is 0 Å². The molecule has 0 radical (unpaired) electrons. The molecule has 4 rings (SSSR count). The van der Waals surface area contributed by atoms with Gasteiger partial charge >= 0.3 is 0 Å². The first kappa shape index (κ1) is 20.7. The molecule has 0 saturated heterocycles. The lowest BCUT2D eigenvalue weighted by Crippen LogP contribution is -2.22. The van der Waals surface area contributed by atoms with Crippen LogP contribution in [-0.4, -0.2) is 27.0 Å². The Kier molecular flexibility index (Phi) is 6.65. The molecule has 31 heavy (non-hydrogen) atoms. The molecular weight excluding hydrogens is 384 g/mol. The summed E-state index contributed by atoms with van der Waals surface area (Å²) < 4.78 is 5.22. The van der Waals surface area contributed by atoms with E-state index in [1.54, 1.807) is 7.11 Å². The monoisotopic (exact) mass is 410 g/mol. The lowest BCUT2D eigenvalue weighted by atomic mass is 10.1. The molecule has 0 atom stereocenters. The Morgan fingerprint density at radius 3 is 1.90 bits per heavy atom. The summed E-state index contributed by atoms with van der Waals surface area (Å²) in [6, 6.07) is 20.6. The van der Waals surface area contributed by atoms with Crippen LogP contribution < -0.4 is 4.74 Å². The molecule has 2 heterocycles. The third kappa shape index (κ3) is 5.74. The normalized spacial score (nSPS) is 10.9. The van der Waals surface area contributed by atoms with Crippen molar-refractivity contribution >= 4 is 0 Å². The highest BCUT2D eigenvalue weighted by molar-refractivity contribution is 5.55. The number of aromatic nitrogens is 3. The van der Waals surface area contributed by atoms with Gasteiger partial charge in [-0.3, -0.25) is 9.88 Å². The first-order chi connectivity index (χ1) is 15.2. The summed E-state index contributed by atoms with van der Waals surface area (Å²) in [5.41, 5.74) is 5.85. The molecule has 0 saturated carbocycles. The lowest BCUT2D eigenvalue weighted by Gasteiger charge is -2.22. The molecular formula is C26H26N4O. The van der Waals surface area contributed by atoms with Crippen LogP contribution in [0, 0.1) is 6.92 Å². The van der Waals surface area contributed by atoms with Crippen molar-refractivity contribution in [3.8, 4) is 17.1 Å². The number of pyridine rings is 1. The molecule has 5 nitrogen and oxygen atoms in total. The van der Waals surface area contributed by atoms with Gasteiger partial charge in [-0.2, -0.15) is 0 Å². The van der Waals surface area contributed by atoms with Crippen LogP contribution in [0.5, 0.6) is 5.75 Å². The number of nitrogens with zero attached hydrogens (tertiary/aromatic N) is 4. The summed E-state index contributed by atoms with van der Waals surface area (Å²) in [4.78, 5) is 15.7. The van der Waals surface area contributed by atoms with E-state index in [0.29, 0.717) is 5.82 Å². The van der Waals surface area contributed by atoms with E-state index in [2.05, 4.69) is 63.2 Å². The zero-order chi connectivity index (χ0) is 21.5. The third-order valence-electron chi connectivity index (χ3n) is 5.14.